The van der Waals surface area contributed by atoms with Crippen LogP contribution >= 0.6 is 0 Å². The van der Waals surface area contributed by atoms with Gasteiger partial charge in [0.25, 0.3) is 0 Å². The Morgan fingerprint density at radius 3 is 2.17 bits per heavy atom. The minimum absolute atomic E-state index is 0.431. The molecule has 3 rings (SSSR count). The number of hydrogen-bond acceptors (Lipinski definition) is 5. The average Bonchev–Trinajstić information content (AvgIpc) is 2.61. The van der Waals surface area contributed by atoms with Gasteiger partial charge in [-0.05, 0) is 22.8 Å². The van der Waals surface area contributed by atoms with Crippen LogP contribution in [0.25, 0.3) is 11.1 Å². The first-order chi connectivity index (χ1) is 11.1. The summed E-state index contributed by atoms with van der Waals surface area (Å²) in [6.45, 7) is -0.431. The van der Waals surface area contributed by atoms with Crippen molar-refractivity contribution in [2.24, 2.45) is 0 Å². The molecular formula is C18H20O5. The molecule has 4 N–H and O–H groups in total. The Kier molecular flexibility index (Phi) is 4.75. The van der Waals surface area contributed by atoms with Crippen molar-refractivity contribution in [1.29, 1.82) is 0 Å². The van der Waals surface area contributed by atoms with E-state index in [2.05, 4.69) is 0 Å². The van der Waals surface area contributed by atoms with Crippen LogP contribution in [0, 0.1) is 0 Å². The molecule has 1 heterocycles. The van der Waals surface area contributed by atoms with E-state index in [4.69, 9.17) is 4.74 Å². The third kappa shape index (κ3) is 3.15. The van der Waals surface area contributed by atoms with Crippen LogP contribution in [0.4, 0.5) is 0 Å². The maximum Gasteiger partial charge on any atom is 0.113 e. The molecule has 0 saturated carbocycles. The minimum Gasteiger partial charge on any atom is -0.394 e. The lowest BCUT2D eigenvalue weighted by Gasteiger charge is -2.40. The Labute approximate surface area is 134 Å². The first kappa shape index (κ1) is 16.1. The SMILES string of the molecule is OCC1OC(c2cccc(-c3ccccc3)c2)C(O)C(O)C1O. The second-order valence-corrected chi connectivity index (χ2v) is 5.74. The van der Waals surface area contributed by atoms with Gasteiger partial charge in [0, 0.05) is 0 Å². The summed E-state index contributed by atoms with van der Waals surface area (Å²) >= 11 is 0. The second kappa shape index (κ2) is 6.78. The number of rotatable bonds is 3. The Morgan fingerprint density at radius 1 is 0.783 bits per heavy atom. The summed E-state index contributed by atoms with van der Waals surface area (Å²) in [5.41, 5.74) is 2.67. The second-order valence-electron chi connectivity index (χ2n) is 5.74. The molecule has 0 radical (unpaired) electrons. The summed E-state index contributed by atoms with van der Waals surface area (Å²) < 4.78 is 5.60. The molecule has 2 aromatic rings. The van der Waals surface area contributed by atoms with Gasteiger partial charge in [0.2, 0.25) is 0 Å². The van der Waals surface area contributed by atoms with Gasteiger partial charge in [0.1, 0.15) is 30.5 Å². The van der Waals surface area contributed by atoms with Crippen LogP contribution in [0.5, 0.6) is 0 Å². The lowest BCUT2D eigenvalue weighted by Crippen LogP contribution is -2.55. The molecule has 5 nitrogen and oxygen atoms in total. The zero-order chi connectivity index (χ0) is 16.4. The van der Waals surface area contributed by atoms with E-state index in [1.54, 1.807) is 6.07 Å². The minimum atomic E-state index is -1.37. The maximum absolute atomic E-state index is 10.2. The Morgan fingerprint density at radius 2 is 1.48 bits per heavy atom. The third-order valence-electron chi connectivity index (χ3n) is 4.21. The van der Waals surface area contributed by atoms with E-state index < -0.39 is 37.1 Å². The molecule has 23 heavy (non-hydrogen) atoms. The van der Waals surface area contributed by atoms with Crippen LogP contribution in [-0.4, -0.2) is 51.4 Å². The van der Waals surface area contributed by atoms with Crippen molar-refractivity contribution >= 4 is 0 Å². The largest absolute Gasteiger partial charge is 0.394 e. The topological polar surface area (TPSA) is 90.2 Å². The van der Waals surface area contributed by atoms with Gasteiger partial charge in [-0.25, -0.2) is 0 Å². The molecule has 2 aromatic carbocycles. The van der Waals surface area contributed by atoms with E-state index >= 15 is 0 Å². The average molecular weight is 316 g/mol. The zero-order valence-corrected chi connectivity index (χ0v) is 12.5. The van der Waals surface area contributed by atoms with E-state index in [1.807, 2.05) is 48.5 Å². The van der Waals surface area contributed by atoms with Gasteiger partial charge in [-0.3, -0.25) is 0 Å². The van der Waals surface area contributed by atoms with Crippen LogP contribution in [0.3, 0.4) is 0 Å². The quantitative estimate of drug-likeness (QED) is 0.675. The van der Waals surface area contributed by atoms with Crippen molar-refractivity contribution < 1.29 is 25.2 Å². The van der Waals surface area contributed by atoms with E-state index in [0.29, 0.717) is 5.56 Å². The summed E-state index contributed by atoms with van der Waals surface area (Å²) in [5.74, 6) is 0. The fourth-order valence-electron chi connectivity index (χ4n) is 2.90. The molecule has 1 aliphatic rings. The molecule has 0 amide bonds. The molecule has 5 heteroatoms. The van der Waals surface area contributed by atoms with Crippen molar-refractivity contribution in [1.82, 2.24) is 0 Å². The van der Waals surface area contributed by atoms with Crippen molar-refractivity contribution in [3.05, 3.63) is 60.2 Å². The number of aliphatic hydroxyl groups is 4. The first-order valence-electron chi connectivity index (χ1n) is 7.57. The molecule has 5 unspecified atom stereocenters. The predicted octanol–water partition coefficient (Wildman–Crippen LogP) is 0.868. The van der Waals surface area contributed by atoms with Gasteiger partial charge < -0.3 is 25.2 Å². The highest BCUT2D eigenvalue weighted by atomic mass is 16.5. The highest BCUT2D eigenvalue weighted by Gasteiger charge is 2.43. The van der Waals surface area contributed by atoms with Crippen molar-refractivity contribution in [2.45, 2.75) is 30.5 Å². The number of benzene rings is 2. The van der Waals surface area contributed by atoms with E-state index in [1.165, 1.54) is 0 Å². The van der Waals surface area contributed by atoms with Gasteiger partial charge in [-0.1, -0.05) is 48.5 Å². The molecule has 122 valence electrons. The zero-order valence-electron chi connectivity index (χ0n) is 12.5. The smallest absolute Gasteiger partial charge is 0.113 e. The van der Waals surface area contributed by atoms with Crippen LogP contribution in [0.15, 0.2) is 54.6 Å². The summed E-state index contributed by atoms with van der Waals surface area (Å²) in [6.07, 6.45) is -5.69. The summed E-state index contributed by atoms with van der Waals surface area (Å²) in [6, 6.07) is 17.2. The van der Waals surface area contributed by atoms with E-state index in [0.717, 1.165) is 11.1 Å². The van der Waals surface area contributed by atoms with E-state index in [9.17, 15) is 20.4 Å². The number of aliphatic hydroxyl groups excluding tert-OH is 4. The van der Waals surface area contributed by atoms with Crippen LogP contribution in [0.2, 0.25) is 0 Å². The fourth-order valence-corrected chi connectivity index (χ4v) is 2.90. The van der Waals surface area contributed by atoms with Gasteiger partial charge >= 0.3 is 0 Å². The molecule has 5 atom stereocenters. The molecule has 1 aliphatic heterocycles. The van der Waals surface area contributed by atoms with E-state index in [-0.39, 0.29) is 0 Å². The lowest BCUT2D eigenvalue weighted by molar-refractivity contribution is -0.231. The predicted molar refractivity (Wildman–Crippen MR) is 84.6 cm³/mol. The van der Waals surface area contributed by atoms with Crippen LogP contribution in [-0.2, 0) is 4.74 Å². The van der Waals surface area contributed by atoms with Gasteiger partial charge in [-0.15, -0.1) is 0 Å². The van der Waals surface area contributed by atoms with Crippen molar-refractivity contribution in [2.75, 3.05) is 6.61 Å². The van der Waals surface area contributed by atoms with Crippen LogP contribution in [0.1, 0.15) is 11.7 Å². The molecule has 1 saturated heterocycles. The molecule has 1 fully saturated rings. The van der Waals surface area contributed by atoms with Gasteiger partial charge in [-0.2, -0.15) is 0 Å². The molecule has 0 aromatic heterocycles. The first-order valence-corrected chi connectivity index (χ1v) is 7.57. The summed E-state index contributed by atoms with van der Waals surface area (Å²) in [5, 5.41) is 39.3. The van der Waals surface area contributed by atoms with Crippen LogP contribution < -0.4 is 0 Å². The highest BCUT2D eigenvalue weighted by molar-refractivity contribution is 5.64. The standard InChI is InChI=1S/C18H20O5/c19-10-14-15(20)16(21)17(22)18(23-14)13-8-4-7-12(9-13)11-5-2-1-3-6-11/h1-9,14-22H,10H2. The number of hydrogen-bond donors (Lipinski definition) is 4. The number of ether oxygens (including phenoxy) is 1. The molecule has 0 aliphatic carbocycles. The highest BCUT2D eigenvalue weighted by Crippen LogP contribution is 2.34. The van der Waals surface area contributed by atoms with Gasteiger partial charge in [0.05, 0.1) is 6.61 Å². The Bertz CT molecular complexity index is 643. The molecular weight excluding hydrogens is 296 g/mol. The summed E-state index contributed by atoms with van der Waals surface area (Å²) in [4.78, 5) is 0. The van der Waals surface area contributed by atoms with Crippen molar-refractivity contribution in [3.8, 4) is 11.1 Å². The lowest BCUT2D eigenvalue weighted by atomic mass is 9.90. The monoisotopic (exact) mass is 316 g/mol. The fraction of sp³-hybridized carbons (Fsp3) is 0.333. The van der Waals surface area contributed by atoms with Gasteiger partial charge in [0.15, 0.2) is 0 Å². The Balaban J connectivity index is 1.92. The molecule has 0 spiro atoms. The van der Waals surface area contributed by atoms with Crippen molar-refractivity contribution in [3.63, 3.8) is 0 Å². The normalized spacial score (nSPS) is 31.0. The molecule has 0 bridgehead atoms. The Hall–Kier alpha value is -1.76. The summed E-state index contributed by atoms with van der Waals surface area (Å²) in [7, 11) is 0. The maximum atomic E-state index is 10.2. The third-order valence-corrected chi connectivity index (χ3v) is 4.21.